The van der Waals surface area contributed by atoms with E-state index in [2.05, 4.69) is 10.8 Å². The first kappa shape index (κ1) is 8.43. The first-order valence-electron chi connectivity index (χ1n) is 3.46. The number of anilines is 1. The van der Waals surface area contributed by atoms with Crippen LogP contribution in [0.3, 0.4) is 0 Å². The number of nitrogens with one attached hydrogen (secondary N) is 1. The third-order valence-corrected chi connectivity index (χ3v) is 2.10. The van der Waals surface area contributed by atoms with E-state index in [-0.39, 0.29) is 0 Å². The summed E-state index contributed by atoms with van der Waals surface area (Å²) in [5, 5.41) is 0. The van der Waals surface area contributed by atoms with Gasteiger partial charge in [-0.1, -0.05) is 24.1 Å². The highest BCUT2D eigenvalue weighted by atomic mass is 32.2. The minimum absolute atomic E-state index is 0.833. The smallest absolute Gasteiger partial charge is 0.0331 e. The zero-order valence-electron chi connectivity index (χ0n) is 6.50. The van der Waals surface area contributed by atoms with E-state index in [0.717, 1.165) is 11.4 Å². The second-order valence-electron chi connectivity index (χ2n) is 2.24. The van der Waals surface area contributed by atoms with E-state index in [0.29, 0.717) is 0 Å². The average Bonchev–Trinajstić information content (AvgIpc) is 2.01. The quantitative estimate of drug-likeness (QED) is 0.532. The van der Waals surface area contributed by atoms with Gasteiger partial charge in [-0.05, 0) is 24.7 Å². The molecule has 60 valence electrons. The van der Waals surface area contributed by atoms with Crippen molar-refractivity contribution >= 4 is 17.6 Å². The fraction of sp³-hybridized carbons (Fsp3) is 0.250. The van der Waals surface area contributed by atoms with Gasteiger partial charge >= 0.3 is 0 Å². The predicted molar refractivity (Wildman–Crippen MR) is 51.2 cm³/mol. The molecule has 1 aromatic rings. The van der Waals surface area contributed by atoms with Crippen molar-refractivity contribution in [2.45, 2.75) is 5.75 Å². The van der Waals surface area contributed by atoms with Crippen LogP contribution in [0.25, 0.3) is 0 Å². The molecule has 1 aromatic carbocycles. The standard InChI is InChI=1S/C8H12N2S/c1-10-11-6-7-3-2-4-8(9)5-7/h2-5,10H,6,9H2,1H3. The van der Waals surface area contributed by atoms with E-state index in [9.17, 15) is 0 Å². The Morgan fingerprint density at radius 3 is 3.00 bits per heavy atom. The number of nitrogens with two attached hydrogens (primary N) is 1. The first-order chi connectivity index (χ1) is 5.33. The van der Waals surface area contributed by atoms with Crippen LogP contribution in [0.5, 0.6) is 0 Å². The molecular weight excluding hydrogens is 156 g/mol. The molecule has 0 bridgehead atoms. The molecule has 1 rings (SSSR count). The molecule has 0 saturated heterocycles. The minimum atomic E-state index is 0.833. The van der Waals surface area contributed by atoms with Crippen LogP contribution in [0, 0.1) is 0 Å². The molecule has 0 heterocycles. The summed E-state index contributed by atoms with van der Waals surface area (Å²) in [7, 11) is 1.91. The Morgan fingerprint density at radius 1 is 1.55 bits per heavy atom. The summed E-state index contributed by atoms with van der Waals surface area (Å²) >= 11 is 1.66. The SMILES string of the molecule is CNSCc1cccc(N)c1. The molecule has 2 nitrogen and oxygen atoms in total. The van der Waals surface area contributed by atoms with Crippen molar-refractivity contribution in [2.24, 2.45) is 0 Å². The molecule has 11 heavy (non-hydrogen) atoms. The second-order valence-corrected chi connectivity index (χ2v) is 3.22. The fourth-order valence-corrected chi connectivity index (χ4v) is 1.33. The number of rotatable bonds is 3. The van der Waals surface area contributed by atoms with E-state index in [1.165, 1.54) is 5.56 Å². The van der Waals surface area contributed by atoms with Crippen LogP contribution in [0.1, 0.15) is 5.56 Å². The molecule has 0 aromatic heterocycles. The zero-order chi connectivity index (χ0) is 8.10. The van der Waals surface area contributed by atoms with Gasteiger partial charge in [-0.2, -0.15) is 0 Å². The van der Waals surface area contributed by atoms with Crippen LogP contribution in [-0.4, -0.2) is 7.05 Å². The summed E-state index contributed by atoms with van der Waals surface area (Å²) in [4.78, 5) is 0. The van der Waals surface area contributed by atoms with Gasteiger partial charge < -0.3 is 5.73 Å². The maximum absolute atomic E-state index is 5.60. The van der Waals surface area contributed by atoms with Crippen LogP contribution in [-0.2, 0) is 5.75 Å². The van der Waals surface area contributed by atoms with E-state index < -0.39 is 0 Å². The monoisotopic (exact) mass is 168 g/mol. The maximum Gasteiger partial charge on any atom is 0.0331 e. The molecular formula is C8H12N2S. The van der Waals surface area contributed by atoms with Crippen LogP contribution in [0.2, 0.25) is 0 Å². The normalized spacial score (nSPS) is 9.91. The Morgan fingerprint density at radius 2 is 2.36 bits per heavy atom. The summed E-state index contributed by atoms with van der Waals surface area (Å²) in [6, 6.07) is 7.93. The lowest BCUT2D eigenvalue weighted by Gasteiger charge is -2.00. The van der Waals surface area contributed by atoms with Gasteiger partial charge in [0.2, 0.25) is 0 Å². The predicted octanol–water partition coefficient (Wildman–Crippen LogP) is 1.64. The third kappa shape index (κ3) is 2.82. The van der Waals surface area contributed by atoms with E-state index >= 15 is 0 Å². The Bertz CT molecular complexity index is 225. The molecule has 0 radical (unpaired) electrons. The molecule has 0 atom stereocenters. The largest absolute Gasteiger partial charge is 0.399 e. The minimum Gasteiger partial charge on any atom is -0.399 e. The average molecular weight is 168 g/mol. The van der Waals surface area contributed by atoms with Gasteiger partial charge in [0.05, 0.1) is 0 Å². The summed E-state index contributed by atoms with van der Waals surface area (Å²) < 4.78 is 3.01. The Hall–Kier alpha value is -0.670. The molecule has 0 aliphatic heterocycles. The first-order valence-corrected chi connectivity index (χ1v) is 4.44. The number of hydrogen-bond acceptors (Lipinski definition) is 3. The van der Waals surface area contributed by atoms with Gasteiger partial charge in [0.15, 0.2) is 0 Å². The molecule has 0 spiro atoms. The van der Waals surface area contributed by atoms with Crippen molar-refractivity contribution in [3.05, 3.63) is 29.8 Å². The van der Waals surface area contributed by atoms with E-state index in [1.807, 2.05) is 25.2 Å². The zero-order valence-corrected chi connectivity index (χ0v) is 7.32. The van der Waals surface area contributed by atoms with Crippen molar-refractivity contribution in [3.63, 3.8) is 0 Å². The highest BCUT2D eigenvalue weighted by Crippen LogP contribution is 2.11. The summed E-state index contributed by atoms with van der Waals surface area (Å²) in [6.45, 7) is 0. The lowest BCUT2D eigenvalue weighted by atomic mass is 10.2. The Labute approximate surface area is 71.3 Å². The van der Waals surface area contributed by atoms with Crippen LogP contribution in [0.4, 0.5) is 5.69 Å². The molecule has 0 aliphatic carbocycles. The lowest BCUT2D eigenvalue weighted by Crippen LogP contribution is -1.93. The van der Waals surface area contributed by atoms with Crippen molar-refractivity contribution in [1.29, 1.82) is 0 Å². The number of nitrogen functional groups attached to an aromatic ring is 1. The molecule has 0 fully saturated rings. The van der Waals surface area contributed by atoms with Crippen LogP contribution in [0.15, 0.2) is 24.3 Å². The van der Waals surface area contributed by atoms with Gasteiger partial charge in [-0.15, -0.1) is 0 Å². The molecule has 0 amide bonds. The summed E-state index contributed by atoms with van der Waals surface area (Å²) in [5.74, 6) is 0.960. The van der Waals surface area contributed by atoms with Crippen molar-refractivity contribution in [2.75, 3.05) is 12.8 Å². The van der Waals surface area contributed by atoms with Gasteiger partial charge in [0, 0.05) is 11.4 Å². The Balaban J connectivity index is 2.56. The molecule has 3 N–H and O–H groups in total. The second kappa shape index (κ2) is 4.26. The molecule has 3 heteroatoms. The maximum atomic E-state index is 5.60. The highest BCUT2D eigenvalue weighted by molar-refractivity contribution is 7.96. The van der Waals surface area contributed by atoms with Crippen molar-refractivity contribution in [1.82, 2.24) is 4.72 Å². The molecule has 0 unspecified atom stereocenters. The van der Waals surface area contributed by atoms with Crippen LogP contribution < -0.4 is 10.5 Å². The van der Waals surface area contributed by atoms with E-state index in [4.69, 9.17) is 5.73 Å². The highest BCUT2D eigenvalue weighted by Gasteiger charge is 1.91. The molecule has 0 aliphatic rings. The van der Waals surface area contributed by atoms with Crippen molar-refractivity contribution < 1.29 is 0 Å². The van der Waals surface area contributed by atoms with Gasteiger partial charge in [0.1, 0.15) is 0 Å². The lowest BCUT2D eigenvalue weighted by molar-refractivity contribution is 1.27. The van der Waals surface area contributed by atoms with Crippen molar-refractivity contribution in [3.8, 4) is 0 Å². The fourth-order valence-electron chi connectivity index (χ4n) is 0.838. The molecule has 0 saturated carbocycles. The summed E-state index contributed by atoms with van der Waals surface area (Å²) in [5.41, 5.74) is 7.69. The number of benzene rings is 1. The van der Waals surface area contributed by atoms with Gasteiger partial charge in [-0.25, -0.2) is 0 Å². The number of hydrogen-bond donors (Lipinski definition) is 2. The topological polar surface area (TPSA) is 38.0 Å². The third-order valence-electron chi connectivity index (χ3n) is 1.33. The van der Waals surface area contributed by atoms with E-state index in [1.54, 1.807) is 11.9 Å². The van der Waals surface area contributed by atoms with Crippen LogP contribution >= 0.6 is 11.9 Å². The summed E-state index contributed by atoms with van der Waals surface area (Å²) in [6.07, 6.45) is 0. The van der Waals surface area contributed by atoms with Gasteiger partial charge in [-0.3, -0.25) is 4.72 Å². The van der Waals surface area contributed by atoms with Gasteiger partial charge in [0.25, 0.3) is 0 Å². The Kier molecular flexibility index (Phi) is 3.26.